The van der Waals surface area contributed by atoms with Gasteiger partial charge < -0.3 is 5.32 Å². The molecule has 2 aromatic rings. The van der Waals surface area contributed by atoms with Crippen molar-refractivity contribution in [2.75, 3.05) is 29.0 Å². The highest BCUT2D eigenvalue weighted by atomic mass is 32.2. The third kappa shape index (κ3) is 5.97. The zero-order chi connectivity index (χ0) is 25.1. The first-order chi connectivity index (χ1) is 15.9. The molecule has 1 fully saturated rings. The monoisotopic (exact) mass is 507 g/mol. The maximum Gasteiger partial charge on any atom is 0.247 e. The number of amides is 1. The average Bonchev–Trinajstić information content (AvgIpc) is 3.06. The van der Waals surface area contributed by atoms with Gasteiger partial charge in [0.25, 0.3) is 0 Å². The maximum atomic E-state index is 13.0. The van der Waals surface area contributed by atoms with Gasteiger partial charge in [-0.3, -0.25) is 9.10 Å². The highest BCUT2D eigenvalue weighted by molar-refractivity contribution is 7.92. The third-order valence-corrected chi connectivity index (χ3v) is 9.31. The van der Waals surface area contributed by atoms with Crippen molar-refractivity contribution in [1.82, 2.24) is 4.31 Å². The predicted molar refractivity (Wildman–Crippen MR) is 135 cm³/mol. The molecule has 0 saturated carbocycles. The molecular weight excluding hydrogens is 474 g/mol. The van der Waals surface area contributed by atoms with E-state index in [1.165, 1.54) is 35.5 Å². The normalized spacial score (nSPS) is 16.5. The first kappa shape index (κ1) is 26.2. The fraction of sp³-hybridized carbons (Fsp3) is 0.458. The molecule has 3 rings (SSSR count). The van der Waals surface area contributed by atoms with Gasteiger partial charge in [-0.25, -0.2) is 16.8 Å². The van der Waals surface area contributed by atoms with Crippen LogP contribution in [0.1, 0.15) is 43.7 Å². The van der Waals surface area contributed by atoms with Crippen LogP contribution >= 0.6 is 0 Å². The number of benzene rings is 2. The van der Waals surface area contributed by atoms with Crippen LogP contribution in [0.3, 0.4) is 0 Å². The topological polar surface area (TPSA) is 104 Å². The largest absolute Gasteiger partial charge is 0.324 e. The zero-order valence-electron chi connectivity index (χ0n) is 20.1. The highest BCUT2D eigenvalue weighted by Gasteiger charge is 2.30. The Balaban J connectivity index is 1.78. The molecule has 1 amide bonds. The van der Waals surface area contributed by atoms with Crippen LogP contribution in [0, 0.1) is 13.8 Å². The van der Waals surface area contributed by atoms with Gasteiger partial charge in [-0.15, -0.1) is 0 Å². The second-order valence-corrected chi connectivity index (χ2v) is 12.6. The van der Waals surface area contributed by atoms with Crippen molar-refractivity contribution in [3.63, 3.8) is 0 Å². The molecule has 0 aromatic heterocycles. The lowest BCUT2D eigenvalue weighted by Gasteiger charge is -2.28. The van der Waals surface area contributed by atoms with E-state index in [4.69, 9.17) is 0 Å². The van der Waals surface area contributed by atoms with Crippen molar-refractivity contribution >= 4 is 37.3 Å². The molecule has 34 heavy (non-hydrogen) atoms. The number of anilines is 2. The SMILES string of the molecule is Cc1ccc(N(C(C)C(=O)Nc2ccc(S(=O)(=O)N3CCCCCC3)cc2)S(C)(=O)=O)cc1C. The number of rotatable bonds is 7. The quantitative estimate of drug-likeness (QED) is 0.616. The van der Waals surface area contributed by atoms with E-state index in [0.717, 1.165) is 47.4 Å². The fourth-order valence-electron chi connectivity index (χ4n) is 4.06. The number of aryl methyl sites for hydroxylation is 2. The first-order valence-electron chi connectivity index (χ1n) is 11.4. The summed E-state index contributed by atoms with van der Waals surface area (Å²) < 4.78 is 53.6. The molecule has 1 saturated heterocycles. The second-order valence-electron chi connectivity index (χ2n) is 8.84. The van der Waals surface area contributed by atoms with E-state index in [-0.39, 0.29) is 4.90 Å². The van der Waals surface area contributed by atoms with Crippen LogP contribution < -0.4 is 9.62 Å². The fourth-order valence-corrected chi connectivity index (χ4v) is 6.74. The van der Waals surface area contributed by atoms with Crippen LogP contribution in [-0.2, 0) is 24.8 Å². The summed E-state index contributed by atoms with van der Waals surface area (Å²) in [6, 6.07) is 10.2. The van der Waals surface area contributed by atoms with Crippen molar-refractivity contribution in [1.29, 1.82) is 0 Å². The molecule has 186 valence electrons. The molecule has 2 aromatic carbocycles. The van der Waals surface area contributed by atoms with Crippen LogP contribution in [0.2, 0.25) is 0 Å². The smallest absolute Gasteiger partial charge is 0.247 e. The number of hydrogen-bond acceptors (Lipinski definition) is 5. The Bertz CT molecular complexity index is 1230. The van der Waals surface area contributed by atoms with Gasteiger partial charge in [0.2, 0.25) is 26.0 Å². The molecule has 0 spiro atoms. The number of sulfonamides is 2. The summed E-state index contributed by atoms with van der Waals surface area (Å²) in [4.78, 5) is 13.1. The summed E-state index contributed by atoms with van der Waals surface area (Å²) in [6.45, 7) is 6.35. The molecule has 1 heterocycles. The van der Waals surface area contributed by atoms with Gasteiger partial charge in [0, 0.05) is 18.8 Å². The molecule has 8 nitrogen and oxygen atoms in total. The van der Waals surface area contributed by atoms with Crippen molar-refractivity contribution in [2.45, 2.75) is 57.4 Å². The van der Waals surface area contributed by atoms with Crippen LogP contribution in [0.5, 0.6) is 0 Å². The number of hydrogen-bond donors (Lipinski definition) is 1. The zero-order valence-corrected chi connectivity index (χ0v) is 21.7. The van der Waals surface area contributed by atoms with E-state index >= 15 is 0 Å². The Labute approximate surface area is 203 Å². The summed E-state index contributed by atoms with van der Waals surface area (Å²) in [6.07, 6.45) is 4.82. The van der Waals surface area contributed by atoms with E-state index in [1.54, 1.807) is 12.1 Å². The van der Waals surface area contributed by atoms with Gasteiger partial charge in [0.15, 0.2) is 0 Å². The highest BCUT2D eigenvalue weighted by Crippen LogP contribution is 2.25. The Hall–Kier alpha value is -2.43. The molecule has 1 atom stereocenters. The lowest BCUT2D eigenvalue weighted by Crippen LogP contribution is -2.45. The Kier molecular flexibility index (Phi) is 8.05. The maximum absolute atomic E-state index is 13.0. The molecule has 1 aliphatic rings. The molecule has 1 aliphatic heterocycles. The van der Waals surface area contributed by atoms with Gasteiger partial charge in [0.05, 0.1) is 16.8 Å². The van der Waals surface area contributed by atoms with E-state index in [9.17, 15) is 21.6 Å². The van der Waals surface area contributed by atoms with Gasteiger partial charge in [0.1, 0.15) is 6.04 Å². The van der Waals surface area contributed by atoms with Crippen molar-refractivity contribution in [3.8, 4) is 0 Å². The lowest BCUT2D eigenvalue weighted by atomic mass is 10.1. The van der Waals surface area contributed by atoms with Gasteiger partial charge in [-0.1, -0.05) is 18.9 Å². The molecule has 0 bridgehead atoms. The van der Waals surface area contributed by atoms with Gasteiger partial charge in [-0.05, 0) is 81.1 Å². The summed E-state index contributed by atoms with van der Waals surface area (Å²) in [5, 5.41) is 2.70. The summed E-state index contributed by atoms with van der Waals surface area (Å²) in [5.74, 6) is -0.522. The molecule has 10 heteroatoms. The van der Waals surface area contributed by atoms with E-state index in [1.807, 2.05) is 19.9 Å². The van der Waals surface area contributed by atoms with Crippen molar-refractivity contribution < 1.29 is 21.6 Å². The minimum Gasteiger partial charge on any atom is -0.324 e. The standard InChI is InChI=1S/C24H33N3O5S2/c1-18-9-12-22(17-19(18)2)27(33(4,29)30)20(3)24(28)25-21-10-13-23(14-11-21)34(31,32)26-15-7-5-6-8-16-26/h9-14,17,20H,5-8,15-16H2,1-4H3,(H,25,28). The molecule has 0 aliphatic carbocycles. The average molecular weight is 508 g/mol. The third-order valence-electron chi connectivity index (χ3n) is 6.16. The molecule has 0 radical (unpaired) electrons. The van der Waals surface area contributed by atoms with Crippen LogP contribution in [0.15, 0.2) is 47.4 Å². The van der Waals surface area contributed by atoms with E-state index in [2.05, 4.69) is 5.32 Å². The number of carbonyl (C=O) groups excluding carboxylic acids is 1. The summed E-state index contributed by atoms with van der Waals surface area (Å²) in [5.41, 5.74) is 2.73. The predicted octanol–water partition coefficient (Wildman–Crippen LogP) is 3.66. The lowest BCUT2D eigenvalue weighted by molar-refractivity contribution is -0.116. The minimum absolute atomic E-state index is 0.174. The Morgan fingerprint density at radius 3 is 2.03 bits per heavy atom. The first-order valence-corrected chi connectivity index (χ1v) is 14.7. The Morgan fingerprint density at radius 1 is 0.912 bits per heavy atom. The van der Waals surface area contributed by atoms with E-state index < -0.39 is 32.0 Å². The number of nitrogens with zero attached hydrogens (tertiary/aromatic N) is 2. The van der Waals surface area contributed by atoms with Crippen molar-refractivity contribution in [2.24, 2.45) is 0 Å². The van der Waals surface area contributed by atoms with Crippen LogP contribution in [-0.4, -0.2) is 52.4 Å². The van der Waals surface area contributed by atoms with Crippen LogP contribution in [0.4, 0.5) is 11.4 Å². The Morgan fingerprint density at radius 2 is 1.50 bits per heavy atom. The minimum atomic E-state index is -3.74. The summed E-state index contributed by atoms with van der Waals surface area (Å²) >= 11 is 0. The summed E-state index contributed by atoms with van der Waals surface area (Å²) in [7, 11) is -7.33. The molecular formula is C24H33N3O5S2. The second kappa shape index (κ2) is 10.5. The van der Waals surface area contributed by atoms with Gasteiger partial charge >= 0.3 is 0 Å². The number of carbonyl (C=O) groups is 1. The van der Waals surface area contributed by atoms with E-state index in [0.29, 0.717) is 24.5 Å². The van der Waals surface area contributed by atoms with Crippen molar-refractivity contribution in [3.05, 3.63) is 53.6 Å². The van der Waals surface area contributed by atoms with Gasteiger partial charge in [-0.2, -0.15) is 4.31 Å². The molecule has 1 N–H and O–H groups in total. The van der Waals surface area contributed by atoms with Crippen LogP contribution in [0.25, 0.3) is 0 Å². The number of nitrogens with one attached hydrogen (secondary N) is 1. The molecule has 1 unspecified atom stereocenters.